The number of aryl methyl sites for hydroxylation is 2. The maximum Gasteiger partial charge on any atom is 0.223 e. The fraction of sp³-hybridized carbons (Fsp3) is 0.577. The molecule has 2 aliphatic rings. The Hall–Kier alpha value is -2.39. The number of hydrogen-bond donors (Lipinski definition) is 0. The summed E-state index contributed by atoms with van der Waals surface area (Å²) in [7, 11) is 4.00. The Morgan fingerprint density at radius 3 is 2.54 bits per heavy atom. The minimum Gasteiger partial charge on any atom is -0.490 e. The average molecular weight is 547 g/mol. The number of hydrogen-bond acceptors (Lipinski definition) is 5. The molecule has 2 fully saturated rings. The van der Waals surface area contributed by atoms with Gasteiger partial charge in [0, 0.05) is 81.7 Å². The van der Waals surface area contributed by atoms with Gasteiger partial charge in [0.05, 0.1) is 6.20 Å². The number of piperidine rings is 1. The van der Waals surface area contributed by atoms with Gasteiger partial charge in [0.2, 0.25) is 11.8 Å². The molecule has 8 nitrogen and oxygen atoms in total. The summed E-state index contributed by atoms with van der Waals surface area (Å²) in [6, 6.07) is 7.81. The molecule has 0 bridgehead atoms. The molecule has 2 atom stereocenters. The summed E-state index contributed by atoms with van der Waals surface area (Å²) in [5.41, 5.74) is 2.20. The van der Waals surface area contributed by atoms with Crippen molar-refractivity contribution in [2.45, 2.75) is 38.7 Å². The number of carbonyl (C=O) groups excluding carboxylic acids is 2. The zero-order valence-corrected chi connectivity index (χ0v) is 22.5. The molecule has 0 spiro atoms. The second-order valence-corrected chi connectivity index (χ2v) is 10.7. The molecule has 0 aliphatic carbocycles. The van der Waals surface area contributed by atoms with E-state index in [0.717, 1.165) is 47.7 Å². The van der Waals surface area contributed by atoms with Crippen molar-refractivity contribution in [3.05, 3.63) is 46.2 Å². The number of piperazine rings is 1. The lowest BCUT2D eigenvalue weighted by atomic mass is 9.90. The van der Waals surface area contributed by atoms with Crippen LogP contribution >= 0.6 is 15.9 Å². The van der Waals surface area contributed by atoms with Crippen molar-refractivity contribution >= 4 is 27.7 Å². The van der Waals surface area contributed by atoms with Crippen LogP contribution in [-0.4, -0.2) is 88.7 Å². The molecule has 1 aromatic carbocycles. The zero-order chi connectivity index (χ0) is 24.9. The van der Waals surface area contributed by atoms with Crippen molar-refractivity contribution in [1.29, 1.82) is 0 Å². The number of halogens is 1. The third-order valence-corrected chi connectivity index (χ3v) is 7.83. The Bertz CT molecular complexity index is 1030. The van der Waals surface area contributed by atoms with Crippen LogP contribution in [0.3, 0.4) is 0 Å². The average Bonchev–Trinajstić information content (AvgIpc) is 3.16. The van der Waals surface area contributed by atoms with E-state index in [4.69, 9.17) is 4.74 Å². The van der Waals surface area contributed by atoms with Crippen LogP contribution in [0.4, 0.5) is 0 Å². The van der Waals surface area contributed by atoms with Crippen LogP contribution in [-0.2, 0) is 23.1 Å². The highest BCUT2D eigenvalue weighted by Gasteiger charge is 2.35. The molecular weight excluding hydrogens is 510 g/mol. The van der Waals surface area contributed by atoms with Gasteiger partial charge in [-0.25, -0.2) is 0 Å². The minimum atomic E-state index is -0.106. The van der Waals surface area contributed by atoms with Crippen LogP contribution in [0.15, 0.2) is 34.9 Å². The van der Waals surface area contributed by atoms with Crippen molar-refractivity contribution in [1.82, 2.24) is 24.5 Å². The summed E-state index contributed by atoms with van der Waals surface area (Å²) in [6.45, 7) is 6.52. The predicted octanol–water partition coefficient (Wildman–Crippen LogP) is 2.88. The van der Waals surface area contributed by atoms with Gasteiger partial charge >= 0.3 is 0 Å². The van der Waals surface area contributed by atoms with E-state index in [1.165, 1.54) is 0 Å². The van der Waals surface area contributed by atoms with Gasteiger partial charge < -0.3 is 19.4 Å². The van der Waals surface area contributed by atoms with Gasteiger partial charge in [0.1, 0.15) is 11.9 Å². The standard InChI is InChI=1S/C26H36BrN5O3/c1-19-20(17-28-30(19)3)7-8-25(33)32-10-9-24(35-23-6-4-5-22(27)16-23)21(18-32)15-26(34)31-13-11-29(2)12-14-31/h4-6,16-17,21,24H,7-15,18H2,1-3H3/t21-,24-/m0/s1. The molecule has 4 rings (SSSR count). The second kappa shape index (κ2) is 11.6. The van der Waals surface area contributed by atoms with Crippen LogP contribution in [0.1, 0.15) is 30.5 Å². The van der Waals surface area contributed by atoms with Crippen molar-refractivity contribution in [2.75, 3.05) is 46.3 Å². The summed E-state index contributed by atoms with van der Waals surface area (Å²) in [5.74, 6) is 1.03. The third-order valence-electron chi connectivity index (χ3n) is 7.34. The highest BCUT2D eigenvalue weighted by atomic mass is 79.9. The molecule has 3 heterocycles. The largest absolute Gasteiger partial charge is 0.490 e. The van der Waals surface area contributed by atoms with Gasteiger partial charge in [0.15, 0.2) is 0 Å². The lowest BCUT2D eigenvalue weighted by molar-refractivity contribution is -0.140. The summed E-state index contributed by atoms with van der Waals surface area (Å²) in [4.78, 5) is 32.4. The molecule has 2 saturated heterocycles. The van der Waals surface area contributed by atoms with Crippen molar-refractivity contribution in [2.24, 2.45) is 13.0 Å². The first-order chi connectivity index (χ1) is 16.8. The molecule has 2 aromatic rings. The predicted molar refractivity (Wildman–Crippen MR) is 138 cm³/mol. The van der Waals surface area contributed by atoms with Crippen molar-refractivity contribution in [3.8, 4) is 5.75 Å². The molecule has 0 unspecified atom stereocenters. The fourth-order valence-electron chi connectivity index (χ4n) is 4.90. The summed E-state index contributed by atoms with van der Waals surface area (Å²) >= 11 is 3.51. The van der Waals surface area contributed by atoms with Gasteiger partial charge in [-0.2, -0.15) is 5.10 Å². The van der Waals surface area contributed by atoms with E-state index in [0.29, 0.717) is 38.8 Å². The smallest absolute Gasteiger partial charge is 0.223 e. The number of ether oxygens (including phenoxy) is 1. The van der Waals surface area contributed by atoms with E-state index in [2.05, 4.69) is 33.0 Å². The molecule has 2 amide bonds. The van der Waals surface area contributed by atoms with Crippen molar-refractivity contribution < 1.29 is 14.3 Å². The number of nitrogens with zero attached hydrogens (tertiary/aromatic N) is 5. The number of aromatic nitrogens is 2. The molecule has 190 valence electrons. The molecular formula is C26H36BrN5O3. The van der Waals surface area contributed by atoms with Crippen LogP contribution in [0.2, 0.25) is 0 Å². The van der Waals surface area contributed by atoms with E-state index in [1.54, 1.807) is 0 Å². The second-order valence-electron chi connectivity index (χ2n) is 9.77. The molecule has 35 heavy (non-hydrogen) atoms. The Balaban J connectivity index is 1.41. The third kappa shape index (κ3) is 6.64. The Kier molecular flexibility index (Phi) is 8.49. The maximum atomic E-state index is 13.2. The van der Waals surface area contributed by atoms with Crippen LogP contribution < -0.4 is 4.74 Å². The first kappa shape index (κ1) is 25.7. The Morgan fingerprint density at radius 2 is 1.86 bits per heavy atom. The molecule has 1 aromatic heterocycles. The Labute approximate surface area is 216 Å². The fourth-order valence-corrected chi connectivity index (χ4v) is 5.28. The molecule has 0 saturated carbocycles. The van der Waals surface area contributed by atoms with Gasteiger partial charge in [-0.1, -0.05) is 22.0 Å². The highest BCUT2D eigenvalue weighted by Crippen LogP contribution is 2.28. The first-order valence-corrected chi connectivity index (χ1v) is 13.2. The zero-order valence-electron chi connectivity index (χ0n) is 21.0. The van der Waals surface area contributed by atoms with E-state index in [1.807, 2.05) is 58.9 Å². The number of likely N-dealkylation sites (N-methyl/N-ethyl adjacent to an activating group) is 1. The van der Waals surface area contributed by atoms with E-state index in [-0.39, 0.29) is 23.8 Å². The lowest BCUT2D eigenvalue weighted by Crippen LogP contribution is -2.51. The topological polar surface area (TPSA) is 70.9 Å². The molecule has 0 radical (unpaired) electrons. The highest BCUT2D eigenvalue weighted by molar-refractivity contribution is 9.10. The summed E-state index contributed by atoms with van der Waals surface area (Å²) < 4.78 is 9.17. The number of likely N-dealkylation sites (tertiary alicyclic amines) is 1. The van der Waals surface area contributed by atoms with Gasteiger partial charge in [-0.15, -0.1) is 0 Å². The molecule has 2 aliphatic heterocycles. The van der Waals surface area contributed by atoms with Crippen molar-refractivity contribution in [3.63, 3.8) is 0 Å². The normalized spacial score (nSPS) is 21.3. The number of carbonyl (C=O) groups is 2. The molecule has 9 heteroatoms. The van der Waals surface area contributed by atoms with Gasteiger partial charge in [-0.3, -0.25) is 14.3 Å². The van der Waals surface area contributed by atoms with E-state index in [9.17, 15) is 9.59 Å². The number of rotatable bonds is 7. The monoisotopic (exact) mass is 545 g/mol. The minimum absolute atomic E-state index is 0.0426. The lowest BCUT2D eigenvalue weighted by Gasteiger charge is -2.40. The van der Waals surface area contributed by atoms with Crippen LogP contribution in [0, 0.1) is 12.8 Å². The van der Waals surface area contributed by atoms with E-state index < -0.39 is 0 Å². The maximum absolute atomic E-state index is 13.2. The summed E-state index contributed by atoms with van der Waals surface area (Å²) in [5, 5.41) is 4.28. The summed E-state index contributed by atoms with van der Waals surface area (Å²) in [6.07, 6.45) is 3.97. The quantitative estimate of drug-likeness (QED) is 0.535. The van der Waals surface area contributed by atoms with Crippen LogP contribution in [0.5, 0.6) is 5.75 Å². The van der Waals surface area contributed by atoms with Crippen LogP contribution in [0.25, 0.3) is 0 Å². The first-order valence-electron chi connectivity index (χ1n) is 12.4. The van der Waals surface area contributed by atoms with Gasteiger partial charge in [0.25, 0.3) is 0 Å². The number of amides is 2. The molecule has 0 N–H and O–H groups in total. The SMILES string of the molecule is Cc1c(CCC(=O)N2CC[C@H](Oc3cccc(Br)c3)[C@@H](CC(=O)N3CCN(C)CC3)C2)cnn1C. The van der Waals surface area contributed by atoms with Gasteiger partial charge in [-0.05, 0) is 44.2 Å². The van der Waals surface area contributed by atoms with E-state index >= 15 is 0 Å². The Morgan fingerprint density at radius 1 is 1.09 bits per heavy atom. The number of benzene rings is 1.